The van der Waals surface area contributed by atoms with E-state index in [4.69, 9.17) is 10.5 Å². The van der Waals surface area contributed by atoms with Crippen molar-refractivity contribution in [1.82, 2.24) is 9.97 Å². The van der Waals surface area contributed by atoms with Gasteiger partial charge in [-0.3, -0.25) is 0 Å². The molecule has 0 fully saturated rings. The van der Waals surface area contributed by atoms with Crippen molar-refractivity contribution < 1.29 is 9.13 Å². The molecule has 0 radical (unpaired) electrons. The van der Waals surface area contributed by atoms with E-state index in [1.807, 2.05) is 6.92 Å². The number of ether oxygens (including phenoxy) is 1. The molecule has 0 spiro atoms. The second kappa shape index (κ2) is 5.00. The minimum absolute atomic E-state index is 0.195. The molecule has 1 heterocycles. The van der Waals surface area contributed by atoms with E-state index in [9.17, 15) is 4.39 Å². The second-order valence-corrected chi connectivity index (χ2v) is 3.81. The standard InChI is InChI=1S/C13H14FN3O/c1-3-9-7-11(17-13(15)16-9)8-4-5-12(18-2)10(14)6-8/h4-7H,3H2,1-2H3,(H2,15,16,17). The maximum atomic E-state index is 13.6. The molecule has 1 aromatic carbocycles. The number of nitrogens with two attached hydrogens (primary N) is 1. The van der Waals surface area contributed by atoms with E-state index in [1.54, 1.807) is 18.2 Å². The zero-order valence-electron chi connectivity index (χ0n) is 10.3. The van der Waals surface area contributed by atoms with Crippen molar-refractivity contribution >= 4 is 5.95 Å². The van der Waals surface area contributed by atoms with E-state index in [-0.39, 0.29) is 11.7 Å². The third kappa shape index (κ3) is 2.40. The fourth-order valence-electron chi connectivity index (χ4n) is 1.67. The lowest BCUT2D eigenvalue weighted by Crippen LogP contribution is -2.00. The Balaban J connectivity index is 2.48. The molecule has 94 valence electrons. The monoisotopic (exact) mass is 247 g/mol. The summed E-state index contributed by atoms with van der Waals surface area (Å²) < 4.78 is 18.5. The van der Waals surface area contributed by atoms with Gasteiger partial charge in [-0.25, -0.2) is 14.4 Å². The summed E-state index contributed by atoms with van der Waals surface area (Å²) in [6.45, 7) is 1.97. The fraction of sp³-hybridized carbons (Fsp3) is 0.231. The molecule has 1 aromatic heterocycles. The van der Waals surface area contributed by atoms with Crippen LogP contribution in [0, 0.1) is 5.82 Å². The number of aryl methyl sites for hydroxylation is 1. The highest BCUT2D eigenvalue weighted by atomic mass is 19.1. The minimum atomic E-state index is -0.426. The van der Waals surface area contributed by atoms with Crippen molar-refractivity contribution in [3.05, 3.63) is 35.8 Å². The Morgan fingerprint density at radius 3 is 2.67 bits per heavy atom. The van der Waals surface area contributed by atoms with E-state index >= 15 is 0 Å². The summed E-state index contributed by atoms with van der Waals surface area (Å²) in [4.78, 5) is 8.19. The topological polar surface area (TPSA) is 61.0 Å². The Morgan fingerprint density at radius 1 is 1.28 bits per heavy atom. The minimum Gasteiger partial charge on any atom is -0.494 e. The molecule has 0 bridgehead atoms. The van der Waals surface area contributed by atoms with E-state index in [0.29, 0.717) is 11.3 Å². The van der Waals surface area contributed by atoms with Gasteiger partial charge in [-0.2, -0.15) is 0 Å². The molecule has 2 aromatic rings. The first-order valence-corrected chi connectivity index (χ1v) is 5.61. The summed E-state index contributed by atoms with van der Waals surface area (Å²) in [6, 6.07) is 6.48. The maximum absolute atomic E-state index is 13.6. The van der Waals surface area contributed by atoms with Gasteiger partial charge in [-0.05, 0) is 30.7 Å². The summed E-state index contributed by atoms with van der Waals surface area (Å²) in [7, 11) is 1.43. The first kappa shape index (κ1) is 12.3. The Bertz CT molecular complexity index is 572. The molecule has 0 unspecified atom stereocenters. The number of halogens is 1. The van der Waals surface area contributed by atoms with Crippen LogP contribution in [-0.4, -0.2) is 17.1 Å². The van der Waals surface area contributed by atoms with Gasteiger partial charge in [-0.15, -0.1) is 0 Å². The Morgan fingerprint density at radius 2 is 2.06 bits per heavy atom. The van der Waals surface area contributed by atoms with Crippen LogP contribution in [0.4, 0.5) is 10.3 Å². The molecular formula is C13H14FN3O. The van der Waals surface area contributed by atoms with Crippen LogP contribution >= 0.6 is 0 Å². The molecule has 5 heteroatoms. The number of methoxy groups -OCH3 is 1. The quantitative estimate of drug-likeness (QED) is 0.904. The highest BCUT2D eigenvalue weighted by molar-refractivity contribution is 5.61. The van der Waals surface area contributed by atoms with Crippen LogP contribution in [0.3, 0.4) is 0 Å². The molecule has 2 rings (SSSR count). The van der Waals surface area contributed by atoms with Crippen molar-refractivity contribution in [3.63, 3.8) is 0 Å². The number of hydrogen-bond acceptors (Lipinski definition) is 4. The van der Waals surface area contributed by atoms with Crippen molar-refractivity contribution in [2.45, 2.75) is 13.3 Å². The van der Waals surface area contributed by atoms with Gasteiger partial charge in [0.2, 0.25) is 5.95 Å². The van der Waals surface area contributed by atoms with E-state index in [2.05, 4.69) is 9.97 Å². The molecule has 0 saturated heterocycles. The van der Waals surface area contributed by atoms with Crippen molar-refractivity contribution in [2.24, 2.45) is 0 Å². The van der Waals surface area contributed by atoms with Crippen molar-refractivity contribution in [3.8, 4) is 17.0 Å². The van der Waals surface area contributed by atoms with Gasteiger partial charge in [0.1, 0.15) is 0 Å². The SMILES string of the molecule is CCc1cc(-c2ccc(OC)c(F)c2)nc(N)n1. The van der Waals surface area contributed by atoms with Crippen molar-refractivity contribution in [2.75, 3.05) is 12.8 Å². The zero-order chi connectivity index (χ0) is 13.1. The van der Waals surface area contributed by atoms with Gasteiger partial charge in [0.25, 0.3) is 0 Å². The lowest BCUT2D eigenvalue weighted by molar-refractivity contribution is 0.386. The Kier molecular flexibility index (Phi) is 3.41. The largest absolute Gasteiger partial charge is 0.494 e. The smallest absolute Gasteiger partial charge is 0.220 e. The van der Waals surface area contributed by atoms with Crippen LogP contribution in [0.25, 0.3) is 11.3 Å². The van der Waals surface area contributed by atoms with Crippen LogP contribution in [0.5, 0.6) is 5.75 Å². The van der Waals surface area contributed by atoms with E-state index in [0.717, 1.165) is 12.1 Å². The molecular weight excluding hydrogens is 233 g/mol. The lowest BCUT2D eigenvalue weighted by Gasteiger charge is -2.06. The molecule has 0 aliphatic heterocycles. The zero-order valence-corrected chi connectivity index (χ0v) is 10.3. The van der Waals surface area contributed by atoms with E-state index in [1.165, 1.54) is 13.2 Å². The van der Waals surface area contributed by atoms with Gasteiger partial charge >= 0.3 is 0 Å². The lowest BCUT2D eigenvalue weighted by atomic mass is 10.1. The van der Waals surface area contributed by atoms with Crippen molar-refractivity contribution in [1.29, 1.82) is 0 Å². The molecule has 2 N–H and O–H groups in total. The average Bonchev–Trinajstić information content (AvgIpc) is 2.37. The summed E-state index contributed by atoms with van der Waals surface area (Å²) in [5.41, 5.74) is 7.72. The van der Waals surface area contributed by atoms with Gasteiger partial charge in [0, 0.05) is 11.3 Å². The predicted molar refractivity (Wildman–Crippen MR) is 67.8 cm³/mol. The first-order valence-electron chi connectivity index (χ1n) is 5.61. The normalized spacial score (nSPS) is 10.4. The molecule has 18 heavy (non-hydrogen) atoms. The van der Waals surface area contributed by atoms with Gasteiger partial charge in [0.05, 0.1) is 12.8 Å². The summed E-state index contributed by atoms with van der Waals surface area (Å²) in [5.74, 6) is -0.0256. The van der Waals surface area contributed by atoms with Gasteiger partial charge in [-0.1, -0.05) is 6.92 Å². The highest BCUT2D eigenvalue weighted by Crippen LogP contribution is 2.25. The molecule has 0 saturated carbocycles. The average molecular weight is 247 g/mol. The Labute approximate surface area is 105 Å². The molecule has 4 nitrogen and oxygen atoms in total. The third-order valence-electron chi connectivity index (χ3n) is 2.61. The Hall–Kier alpha value is -2.17. The van der Waals surface area contributed by atoms with Crippen LogP contribution in [0.2, 0.25) is 0 Å². The summed E-state index contributed by atoms with van der Waals surface area (Å²) >= 11 is 0. The van der Waals surface area contributed by atoms with Crippen LogP contribution in [-0.2, 0) is 6.42 Å². The highest BCUT2D eigenvalue weighted by Gasteiger charge is 2.08. The number of hydrogen-bond donors (Lipinski definition) is 1. The maximum Gasteiger partial charge on any atom is 0.220 e. The van der Waals surface area contributed by atoms with Gasteiger partial charge < -0.3 is 10.5 Å². The van der Waals surface area contributed by atoms with Crippen LogP contribution in [0.15, 0.2) is 24.3 Å². The predicted octanol–water partition coefficient (Wildman–Crippen LogP) is 2.44. The number of rotatable bonds is 3. The van der Waals surface area contributed by atoms with Gasteiger partial charge in [0.15, 0.2) is 11.6 Å². The number of aromatic nitrogens is 2. The number of nitrogen functional groups attached to an aromatic ring is 1. The molecule has 0 aliphatic carbocycles. The fourth-order valence-corrected chi connectivity index (χ4v) is 1.67. The number of anilines is 1. The molecule has 0 amide bonds. The molecule has 0 atom stereocenters. The third-order valence-corrected chi connectivity index (χ3v) is 2.61. The number of benzene rings is 1. The summed E-state index contributed by atoms with van der Waals surface area (Å²) in [5, 5.41) is 0. The number of nitrogens with zero attached hydrogens (tertiary/aromatic N) is 2. The first-order chi connectivity index (χ1) is 8.63. The molecule has 0 aliphatic rings. The van der Waals surface area contributed by atoms with Crippen LogP contribution in [0.1, 0.15) is 12.6 Å². The van der Waals surface area contributed by atoms with E-state index < -0.39 is 5.82 Å². The summed E-state index contributed by atoms with van der Waals surface area (Å²) in [6.07, 6.45) is 0.748. The second-order valence-electron chi connectivity index (χ2n) is 3.81. The van der Waals surface area contributed by atoms with Crippen LogP contribution < -0.4 is 10.5 Å².